The van der Waals surface area contributed by atoms with E-state index in [4.69, 9.17) is 9.47 Å². The molecular weight excluding hydrogens is 322 g/mol. The highest BCUT2D eigenvalue weighted by atomic mass is 16.5. The van der Waals surface area contributed by atoms with Crippen LogP contribution in [0.4, 0.5) is 0 Å². The molecule has 0 spiro atoms. The smallest absolute Gasteiger partial charge is 0.287 e. The minimum absolute atomic E-state index is 0.00217. The highest BCUT2D eigenvalue weighted by molar-refractivity contribution is 5.98. The first kappa shape index (κ1) is 16.4. The Morgan fingerprint density at radius 1 is 1.16 bits per heavy atom. The molecule has 0 atom stereocenters. The summed E-state index contributed by atoms with van der Waals surface area (Å²) in [7, 11) is 3.06. The van der Waals surface area contributed by atoms with Crippen LogP contribution in [0.5, 0.6) is 17.2 Å². The number of methoxy groups -OCH3 is 2. The van der Waals surface area contributed by atoms with Gasteiger partial charge in [-0.1, -0.05) is 0 Å². The van der Waals surface area contributed by atoms with E-state index >= 15 is 0 Å². The summed E-state index contributed by atoms with van der Waals surface area (Å²) in [5.74, 6) is 0.719. The Morgan fingerprint density at radius 3 is 2.72 bits per heavy atom. The highest BCUT2D eigenvalue weighted by Gasteiger charge is 2.09. The van der Waals surface area contributed by atoms with Crippen molar-refractivity contribution in [2.24, 2.45) is 5.10 Å². The molecule has 0 bridgehead atoms. The fraction of sp³-hybridized carbons (Fsp3) is 0.111. The second kappa shape index (κ2) is 6.96. The van der Waals surface area contributed by atoms with Crippen molar-refractivity contribution in [2.75, 3.05) is 14.2 Å². The summed E-state index contributed by atoms with van der Waals surface area (Å²) in [5, 5.41) is 14.5. The van der Waals surface area contributed by atoms with E-state index in [0.717, 1.165) is 16.7 Å². The van der Waals surface area contributed by atoms with Crippen molar-refractivity contribution in [3.05, 3.63) is 53.7 Å². The monoisotopic (exact) mass is 339 g/mol. The average Bonchev–Trinajstić information content (AvgIpc) is 3.05. The molecule has 0 saturated carbocycles. The number of ether oxygens (including phenoxy) is 2. The molecule has 7 nitrogen and oxygen atoms in total. The molecule has 3 aromatic rings. The number of nitrogens with zero attached hydrogens (tertiary/aromatic N) is 1. The van der Waals surface area contributed by atoms with Gasteiger partial charge in [-0.05, 0) is 48.0 Å². The van der Waals surface area contributed by atoms with Gasteiger partial charge in [0.2, 0.25) is 0 Å². The quantitative estimate of drug-likeness (QED) is 0.492. The van der Waals surface area contributed by atoms with Gasteiger partial charge in [-0.2, -0.15) is 5.10 Å². The summed E-state index contributed by atoms with van der Waals surface area (Å²) in [5.41, 5.74) is 4.28. The molecule has 0 saturated heterocycles. The molecule has 0 aliphatic rings. The first-order valence-corrected chi connectivity index (χ1v) is 7.48. The van der Waals surface area contributed by atoms with Crippen LogP contribution in [0.1, 0.15) is 16.1 Å². The molecule has 2 aromatic carbocycles. The van der Waals surface area contributed by atoms with Crippen LogP contribution < -0.4 is 14.9 Å². The average molecular weight is 339 g/mol. The third kappa shape index (κ3) is 3.55. The predicted molar refractivity (Wildman–Crippen MR) is 94.6 cm³/mol. The summed E-state index contributed by atoms with van der Waals surface area (Å²) in [6.45, 7) is 0. The van der Waals surface area contributed by atoms with Crippen LogP contribution in [0.2, 0.25) is 0 Å². The molecule has 1 aromatic heterocycles. The van der Waals surface area contributed by atoms with E-state index in [1.54, 1.807) is 25.3 Å². The van der Waals surface area contributed by atoms with Crippen LogP contribution in [-0.2, 0) is 0 Å². The van der Waals surface area contributed by atoms with E-state index in [0.29, 0.717) is 17.0 Å². The zero-order valence-corrected chi connectivity index (χ0v) is 13.7. The molecule has 3 N–H and O–H groups in total. The number of hydrazone groups is 1. The van der Waals surface area contributed by atoms with Crippen molar-refractivity contribution in [3.8, 4) is 17.2 Å². The molecule has 128 valence electrons. The number of aromatic amines is 1. The van der Waals surface area contributed by atoms with E-state index in [1.807, 2.05) is 18.2 Å². The van der Waals surface area contributed by atoms with Crippen LogP contribution in [0.25, 0.3) is 10.9 Å². The first-order chi connectivity index (χ1) is 12.1. The number of hydrogen-bond donors (Lipinski definition) is 3. The fourth-order valence-corrected chi connectivity index (χ4v) is 2.37. The Bertz CT molecular complexity index is 947. The number of carbonyl (C=O) groups is 1. The molecule has 0 aliphatic carbocycles. The second-order valence-electron chi connectivity index (χ2n) is 5.27. The minimum atomic E-state index is -0.371. The topological polar surface area (TPSA) is 95.9 Å². The Balaban J connectivity index is 1.70. The number of benzene rings is 2. The van der Waals surface area contributed by atoms with Gasteiger partial charge in [0.15, 0.2) is 11.5 Å². The van der Waals surface area contributed by atoms with Gasteiger partial charge in [-0.15, -0.1) is 0 Å². The van der Waals surface area contributed by atoms with Gasteiger partial charge in [0, 0.05) is 10.9 Å². The molecule has 25 heavy (non-hydrogen) atoms. The lowest BCUT2D eigenvalue weighted by atomic mass is 10.2. The molecule has 1 amide bonds. The number of rotatable bonds is 5. The van der Waals surface area contributed by atoms with Gasteiger partial charge < -0.3 is 19.6 Å². The lowest BCUT2D eigenvalue weighted by Gasteiger charge is -2.03. The summed E-state index contributed by atoms with van der Waals surface area (Å²) in [6.07, 6.45) is 1.43. The maximum absolute atomic E-state index is 12.2. The number of H-pyrrole nitrogens is 1. The number of carbonyl (C=O) groups excluding carboxylic acids is 1. The molecular formula is C18H17N3O4. The van der Waals surface area contributed by atoms with Crippen molar-refractivity contribution in [3.63, 3.8) is 0 Å². The van der Waals surface area contributed by atoms with Crippen molar-refractivity contribution in [1.29, 1.82) is 0 Å². The Hall–Kier alpha value is -3.48. The zero-order chi connectivity index (χ0) is 17.8. The van der Waals surface area contributed by atoms with Crippen molar-refractivity contribution in [1.82, 2.24) is 10.4 Å². The molecule has 3 rings (SSSR count). The van der Waals surface area contributed by atoms with Gasteiger partial charge in [0.25, 0.3) is 5.91 Å². The summed E-state index contributed by atoms with van der Waals surface area (Å²) < 4.78 is 10.1. The first-order valence-electron chi connectivity index (χ1n) is 7.48. The van der Waals surface area contributed by atoms with E-state index in [-0.39, 0.29) is 11.7 Å². The van der Waals surface area contributed by atoms with Crippen LogP contribution in [0, 0.1) is 0 Å². The van der Waals surface area contributed by atoms with Gasteiger partial charge in [0.1, 0.15) is 11.4 Å². The van der Waals surface area contributed by atoms with Gasteiger partial charge >= 0.3 is 0 Å². The number of aromatic hydroxyl groups is 1. The maximum Gasteiger partial charge on any atom is 0.287 e. The lowest BCUT2D eigenvalue weighted by molar-refractivity contribution is 0.0951. The largest absolute Gasteiger partial charge is 0.504 e. The number of fused-ring (bicyclic) bond motifs is 1. The van der Waals surface area contributed by atoms with Crippen molar-refractivity contribution < 1.29 is 19.4 Å². The molecule has 1 heterocycles. The summed E-state index contributed by atoms with van der Waals surface area (Å²) >= 11 is 0. The lowest BCUT2D eigenvalue weighted by Crippen LogP contribution is -2.17. The Kier molecular flexibility index (Phi) is 4.56. The van der Waals surface area contributed by atoms with E-state index < -0.39 is 0 Å². The molecule has 7 heteroatoms. The predicted octanol–water partition coefficient (Wildman–Crippen LogP) is 2.65. The number of nitrogens with one attached hydrogen (secondary N) is 2. The Labute approximate surface area is 143 Å². The SMILES string of the molecule is COc1ccc2[nH]c(C(=O)N/N=C/c3ccc(OC)c(O)c3)cc2c1. The number of aromatic nitrogens is 1. The van der Waals surface area contributed by atoms with Crippen LogP contribution in [-0.4, -0.2) is 36.4 Å². The summed E-state index contributed by atoms with van der Waals surface area (Å²) in [6, 6.07) is 12.0. The minimum Gasteiger partial charge on any atom is -0.504 e. The van der Waals surface area contributed by atoms with Crippen molar-refractivity contribution >= 4 is 23.0 Å². The molecule has 0 radical (unpaired) electrons. The fourth-order valence-electron chi connectivity index (χ4n) is 2.37. The molecule has 0 unspecified atom stereocenters. The van der Waals surface area contributed by atoms with Crippen molar-refractivity contribution in [2.45, 2.75) is 0 Å². The summed E-state index contributed by atoms with van der Waals surface area (Å²) in [4.78, 5) is 15.2. The van der Waals surface area contributed by atoms with E-state index in [2.05, 4.69) is 15.5 Å². The standard InChI is InChI=1S/C18H17N3O4/c1-24-13-4-5-14-12(8-13)9-15(20-14)18(23)21-19-10-11-3-6-17(25-2)16(22)7-11/h3-10,20,22H,1-2H3,(H,21,23)/b19-10+. The zero-order valence-electron chi connectivity index (χ0n) is 13.7. The second-order valence-corrected chi connectivity index (χ2v) is 5.27. The third-order valence-corrected chi connectivity index (χ3v) is 3.66. The van der Waals surface area contributed by atoms with Crippen LogP contribution >= 0.6 is 0 Å². The van der Waals surface area contributed by atoms with E-state index in [9.17, 15) is 9.90 Å². The number of phenols is 1. The highest BCUT2D eigenvalue weighted by Crippen LogP contribution is 2.25. The van der Waals surface area contributed by atoms with Crippen LogP contribution in [0.3, 0.4) is 0 Å². The van der Waals surface area contributed by atoms with Gasteiger partial charge in [0.05, 0.1) is 20.4 Å². The Morgan fingerprint density at radius 2 is 2.00 bits per heavy atom. The number of phenolic OH excluding ortho intramolecular Hbond substituents is 1. The van der Waals surface area contributed by atoms with Gasteiger partial charge in [-0.3, -0.25) is 4.79 Å². The third-order valence-electron chi connectivity index (χ3n) is 3.66. The van der Waals surface area contributed by atoms with E-state index in [1.165, 1.54) is 19.4 Å². The van der Waals surface area contributed by atoms with Gasteiger partial charge in [-0.25, -0.2) is 5.43 Å². The number of amides is 1. The number of hydrogen-bond acceptors (Lipinski definition) is 5. The molecule has 0 aliphatic heterocycles. The maximum atomic E-state index is 12.2. The van der Waals surface area contributed by atoms with Crippen LogP contribution in [0.15, 0.2) is 47.6 Å². The normalized spacial score (nSPS) is 11.0. The molecule has 0 fully saturated rings.